The van der Waals surface area contributed by atoms with Gasteiger partial charge >= 0.3 is 23.9 Å². The summed E-state index contributed by atoms with van der Waals surface area (Å²) in [6, 6.07) is 34.0. The normalized spacial score (nSPS) is 18.9. The fourth-order valence-electron chi connectivity index (χ4n) is 6.20. The molecular formula is C44H50F2N2O11. The number of hydrogen-bond acceptors (Lipinski definition) is 8. The Labute approximate surface area is 341 Å². The Morgan fingerprint density at radius 2 is 0.814 bits per heavy atom. The van der Waals surface area contributed by atoms with Crippen molar-refractivity contribution in [3.05, 3.63) is 156 Å². The zero-order valence-electron chi connectivity index (χ0n) is 32.6. The van der Waals surface area contributed by atoms with E-state index >= 15 is 0 Å². The summed E-state index contributed by atoms with van der Waals surface area (Å²) in [7, 11) is 4.24. The van der Waals surface area contributed by atoms with Gasteiger partial charge in [0.1, 0.15) is 12.2 Å². The van der Waals surface area contributed by atoms with Crippen LogP contribution in [0.4, 0.5) is 8.78 Å². The first-order chi connectivity index (χ1) is 27.7. The molecule has 0 spiro atoms. The van der Waals surface area contributed by atoms with E-state index in [1.807, 2.05) is 48.5 Å². The van der Waals surface area contributed by atoms with Gasteiger partial charge in [0.25, 0.3) is 0 Å². The van der Waals surface area contributed by atoms with Crippen molar-refractivity contribution in [2.45, 2.75) is 36.9 Å². The lowest BCUT2D eigenvalue weighted by molar-refractivity contribution is -0.134. The summed E-state index contributed by atoms with van der Waals surface area (Å²) < 4.78 is 39.6. The minimum atomic E-state index is -1.26. The van der Waals surface area contributed by atoms with Crippen LogP contribution >= 0.6 is 0 Å². The lowest BCUT2D eigenvalue weighted by Gasteiger charge is -2.37. The van der Waals surface area contributed by atoms with E-state index in [4.69, 9.17) is 29.9 Å². The van der Waals surface area contributed by atoms with Gasteiger partial charge in [0, 0.05) is 62.3 Å². The van der Waals surface area contributed by atoms with Crippen LogP contribution < -0.4 is 9.47 Å². The largest absolute Gasteiger partial charge is 0.487 e. The number of para-hydroxylation sites is 2. The van der Waals surface area contributed by atoms with E-state index in [2.05, 4.69) is 48.2 Å². The smallest absolute Gasteiger partial charge is 0.328 e. The van der Waals surface area contributed by atoms with E-state index in [9.17, 15) is 28.0 Å². The van der Waals surface area contributed by atoms with Gasteiger partial charge in [-0.25, -0.2) is 28.0 Å². The monoisotopic (exact) mass is 820 g/mol. The molecule has 59 heavy (non-hydrogen) atoms. The Kier molecular flexibility index (Phi) is 21.3. The third-order valence-corrected chi connectivity index (χ3v) is 8.93. The number of halogens is 2. The van der Waals surface area contributed by atoms with Gasteiger partial charge in [-0.1, -0.05) is 84.9 Å². The van der Waals surface area contributed by atoms with Gasteiger partial charge in [0.2, 0.25) is 0 Å². The number of nitrogens with zero attached hydrogens (tertiary/aromatic N) is 2. The molecule has 4 unspecified atom stereocenters. The minimum absolute atomic E-state index is 0. The van der Waals surface area contributed by atoms with Gasteiger partial charge in [-0.2, -0.15) is 0 Å². The van der Waals surface area contributed by atoms with Crippen LogP contribution in [0.5, 0.6) is 11.5 Å². The van der Waals surface area contributed by atoms with Crippen LogP contribution in [-0.4, -0.2) is 112 Å². The summed E-state index contributed by atoms with van der Waals surface area (Å²) in [5, 5.41) is 31.2. The van der Waals surface area contributed by atoms with Gasteiger partial charge in [-0.3, -0.25) is 0 Å². The van der Waals surface area contributed by atoms with Gasteiger partial charge in [-0.15, -0.1) is 0 Å². The molecule has 0 radical (unpaired) electrons. The topological polar surface area (TPSA) is 206 Å². The average Bonchev–Trinajstić information content (AvgIpc) is 3.20. The first-order valence-electron chi connectivity index (χ1n) is 18.3. The number of likely N-dealkylation sites (tertiary alicyclic amines) is 2. The van der Waals surface area contributed by atoms with Crippen molar-refractivity contribution in [1.29, 1.82) is 0 Å². The molecule has 0 bridgehead atoms. The molecule has 2 aliphatic rings. The molecule has 4 atom stereocenters. The minimum Gasteiger partial charge on any atom is -0.487 e. The van der Waals surface area contributed by atoms with Crippen molar-refractivity contribution in [1.82, 2.24) is 9.80 Å². The maximum Gasteiger partial charge on any atom is 0.328 e. The van der Waals surface area contributed by atoms with Crippen molar-refractivity contribution < 1.29 is 63.3 Å². The molecule has 6 N–H and O–H groups in total. The Morgan fingerprint density at radius 3 is 1.10 bits per heavy atom. The molecule has 15 heteroatoms. The number of carboxylic acids is 4. The van der Waals surface area contributed by atoms with E-state index in [0.29, 0.717) is 35.8 Å². The molecule has 0 saturated carbocycles. The first-order valence-corrected chi connectivity index (χ1v) is 18.3. The Balaban J connectivity index is 0.000000297. The predicted octanol–water partition coefficient (Wildman–Crippen LogP) is 5.98. The molecule has 0 amide bonds. The summed E-state index contributed by atoms with van der Waals surface area (Å²) in [6.07, 6.45) is 4.07. The lowest BCUT2D eigenvalue weighted by atomic mass is 9.88. The third kappa shape index (κ3) is 18.2. The van der Waals surface area contributed by atoms with E-state index in [0.717, 1.165) is 39.0 Å². The number of likely N-dealkylation sites (N-methyl/N-ethyl adjacent to an activating group) is 2. The van der Waals surface area contributed by atoms with Crippen LogP contribution in [0.1, 0.15) is 35.8 Å². The molecule has 0 aliphatic carbocycles. The molecule has 2 aliphatic heterocycles. The van der Waals surface area contributed by atoms with Crippen molar-refractivity contribution in [2.24, 2.45) is 0 Å². The fraction of sp³-hybridized carbons (Fsp3) is 0.273. The third-order valence-electron chi connectivity index (χ3n) is 8.93. The van der Waals surface area contributed by atoms with E-state index < -0.39 is 23.9 Å². The molecule has 4 aromatic rings. The van der Waals surface area contributed by atoms with Gasteiger partial charge in [0.05, 0.1) is 0 Å². The number of hydrogen-bond donors (Lipinski definition) is 4. The zero-order valence-corrected chi connectivity index (χ0v) is 32.6. The second-order valence-corrected chi connectivity index (χ2v) is 13.3. The summed E-state index contributed by atoms with van der Waals surface area (Å²) in [4.78, 5) is 42.8. The van der Waals surface area contributed by atoms with Crippen LogP contribution in [0.15, 0.2) is 133 Å². The second-order valence-electron chi connectivity index (χ2n) is 13.3. The van der Waals surface area contributed by atoms with Crippen LogP contribution in [0.2, 0.25) is 0 Å². The van der Waals surface area contributed by atoms with Crippen LogP contribution in [0.25, 0.3) is 0 Å². The zero-order chi connectivity index (χ0) is 42.5. The molecule has 316 valence electrons. The number of ether oxygens (including phenoxy) is 2. The van der Waals surface area contributed by atoms with Crippen molar-refractivity contribution in [3.8, 4) is 11.5 Å². The number of piperidine rings is 2. The number of aliphatic carboxylic acids is 4. The van der Waals surface area contributed by atoms with Crippen molar-refractivity contribution in [3.63, 3.8) is 0 Å². The standard InChI is InChI=1S/2C18H20FNO.2C4H4O4.H2O/c2*1-20-12-11-17(21-18-10-6-5-9-16(18)19)15(13-20)14-7-3-2-4-8-14;2*5-3(6)1-2-4(7)8;/h2*2-10,15,17H,11-13H2,1H3;2*1-2H,(H,5,6)(H,7,8);1H2. The maximum absolute atomic E-state index is 13.8. The molecule has 4 aromatic carbocycles. The number of carbonyl (C=O) groups is 4. The summed E-state index contributed by atoms with van der Waals surface area (Å²) in [6.45, 7) is 3.82. The van der Waals surface area contributed by atoms with E-state index in [-0.39, 0.29) is 41.2 Å². The highest BCUT2D eigenvalue weighted by atomic mass is 19.1. The molecule has 2 fully saturated rings. The molecule has 2 heterocycles. The molecule has 6 rings (SSSR count). The average molecular weight is 821 g/mol. The van der Waals surface area contributed by atoms with E-state index in [1.54, 1.807) is 24.3 Å². The number of benzene rings is 4. The Morgan fingerprint density at radius 1 is 0.525 bits per heavy atom. The highest BCUT2D eigenvalue weighted by Crippen LogP contribution is 2.32. The van der Waals surface area contributed by atoms with Crippen molar-refractivity contribution >= 4 is 23.9 Å². The highest BCUT2D eigenvalue weighted by molar-refractivity contribution is 5.90. The molecule has 0 aromatic heterocycles. The molecule has 2 saturated heterocycles. The van der Waals surface area contributed by atoms with Gasteiger partial charge < -0.3 is 45.2 Å². The summed E-state index contributed by atoms with van der Waals surface area (Å²) >= 11 is 0. The SMILES string of the molecule is CN1CCC(Oc2ccccc2F)C(c2ccccc2)C1.CN1CCC(Oc2ccccc2F)C(c2ccccc2)C1.O.O=C(O)C=CC(=O)O.O=C(O)C=CC(=O)O. The van der Waals surface area contributed by atoms with Gasteiger partial charge in [0.15, 0.2) is 23.1 Å². The Hall–Kier alpha value is -6.42. The van der Waals surface area contributed by atoms with Crippen LogP contribution in [0.3, 0.4) is 0 Å². The van der Waals surface area contributed by atoms with Crippen LogP contribution in [-0.2, 0) is 19.2 Å². The van der Waals surface area contributed by atoms with Gasteiger partial charge in [-0.05, 0) is 62.3 Å². The quantitative estimate of drug-likeness (QED) is 0.136. The lowest BCUT2D eigenvalue weighted by Crippen LogP contribution is -2.42. The second kappa shape index (κ2) is 25.8. The molecule has 13 nitrogen and oxygen atoms in total. The number of rotatable bonds is 10. The van der Waals surface area contributed by atoms with E-state index in [1.165, 1.54) is 23.3 Å². The predicted molar refractivity (Wildman–Crippen MR) is 217 cm³/mol. The summed E-state index contributed by atoms with van der Waals surface area (Å²) in [5.74, 6) is -4.36. The summed E-state index contributed by atoms with van der Waals surface area (Å²) in [5.41, 5.74) is 2.51. The number of carboxylic acid groups (broad SMARTS) is 4. The molecular weight excluding hydrogens is 770 g/mol. The van der Waals surface area contributed by atoms with Crippen LogP contribution in [0, 0.1) is 11.6 Å². The maximum atomic E-state index is 13.8. The highest BCUT2D eigenvalue weighted by Gasteiger charge is 2.32. The Bertz CT molecular complexity index is 1790. The first kappa shape index (κ1) is 48.7. The van der Waals surface area contributed by atoms with Crippen molar-refractivity contribution in [2.75, 3.05) is 40.3 Å². The fourth-order valence-corrected chi connectivity index (χ4v) is 6.20.